The van der Waals surface area contributed by atoms with Crippen LogP contribution in [0, 0.1) is 0 Å². The first-order valence-electron chi connectivity index (χ1n) is 4.62. The molecule has 0 heterocycles. The van der Waals surface area contributed by atoms with Gasteiger partial charge in [-0.1, -0.05) is 29.8 Å². The van der Waals surface area contributed by atoms with Gasteiger partial charge in [0.2, 0.25) is 6.08 Å². The largest absolute Gasteiger partial charge is 0.240 e. The summed E-state index contributed by atoms with van der Waals surface area (Å²) in [7, 11) is 0. The van der Waals surface area contributed by atoms with Gasteiger partial charge in [-0.3, -0.25) is 0 Å². The van der Waals surface area contributed by atoms with E-state index >= 15 is 0 Å². The number of rotatable bonds is 3. The van der Waals surface area contributed by atoms with E-state index in [9.17, 15) is 4.79 Å². The molecule has 1 rings (SSSR count). The fourth-order valence-electron chi connectivity index (χ4n) is 1.45. The van der Waals surface area contributed by atoms with Crippen molar-refractivity contribution >= 4 is 27.7 Å². The molecule has 2 nitrogen and oxygen atoms in total. The number of hydrogen-bond donors (Lipinski definition) is 0. The van der Waals surface area contributed by atoms with Crippen LogP contribution in [0.3, 0.4) is 0 Å². The number of aryl methyl sites for hydroxylation is 2. The van der Waals surface area contributed by atoms with Crippen molar-refractivity contribution in [2.24, 2.45) is 4.99 Å². The third kappa shape index (κ3) is 2.31. The van der Waals surface area contributed by atoms with Crippen molar-refractivity contribution in [3.8, 4) is 0 Å². The van der Waals surface area contributed by atoms with Crippen LogP contribution >= 0.6 is 15.9 Å². The molecule has 0 saturated carbocycles. The van der Waals surface area contributed by atoms with E-state index in [4.69, 9.17) is 0 Å². The van der Waals surface area contributed by atoms with Gasteiger partial charge in [-0.05, 0) is 36.1 Å². The number of nitrogens with zero attached hydrogens (tertiary/aromatic N) is 1. The summed E-state index contributed by atoms with van der Waals surface area (Å²) in [4.78, 5) is 14.1. The van der Waals surface area contributed by atoms with Crippen LogP contribution in [0.2, 0.25) is 0 Å². The maximum atomic E-state index is 10.3. The zero-order chi connectivity index (χ0) is 10.6. The molecular formula is C11H12BrNO. The molecule has 1 aromatic rings. The quantitative estimate of drug-likeness (QED) is 0.599. The molecule has 3 heteroatoms. The number of aliphatic imine (C=N–C) groups is 1. The molecular weight excluding hydrogens is 242 g/mol. The average Bonchev–Trinajstić information content (AvgIpc) is 2.20. The predicted molar refractivity (Wildman–Crippen MR) is 60.7 cm³/mol. The minimum Gasteiger partial charge on any atom is -0.211 e. The minimum atomic E-state index is 0.785. The highest BCUT2D eigenvalue weighted by Gasteiger charge is 2.06. The Kier molecular flexibility index (Phi) is 4.05. The molecule has 0 radical (unpaired) electrons. The number of benzene rings is 1. The average molecular weight is 254 g/mol. The molecule has 74 valence electrons. The molecule has 0 aliphatic heterocycles. The molecule has 0 aliphatic rings. The lowest BCUT2D eigenvalue weighted by Gasteiger charge is -2.07. The van der Waals surface area contributed by atoms with Crippen LogP contribution in [0.25, 0.3) is 0 Å². The predicted octanol–water partition coefficient (Wildman–Crippen LogP) is 3.54. The third-order valence-electron chi connectivity index (χ3n) is 2.15. The van der Waals surface area contributed by atoms with Gasteiger partial charge in [-0.15, -0.1) is 0 Å². The molecule has 0 bridgehead atoms. The zero-order valence-electron chi connectivity index (χ0n) is 8.30. The van der Waals surface area contributed by atoms with Crippen molar-refractivity contribution < 1.29 is 4.79 Å². The van der Waals surface area contributed by atoms with E-state index < -0.39 is 0 Å². The van der Waals surface area contributed by atoms with Gasteiger partial charge in [0.15, 0.2) is 0 Å². The van der Waals surface area contributed by atoms with Crippen LogP contribution in [-0.4, -0.2) is 6.08 Å². The second-order valence-corrected chi connectivity index (χ2v) is 3.90. The summed E-state index contributed by atoms with van der Waals surface area (Å²) < 4.78 is 1.04. The van der Waals surface area contributed by atoms with Crippen LogP contribution in [-0.2, 0) is 17.6 Å². The maximum Gasteiger partial charge on any atom is 0.240 e. The topological polar surface area (TPSA) is 29.4 Å². The molecule has 0 saturated heterocycles. The summed E-state index contributed by atoms with van der Waals surface area (Å²) in [5.74, 6) is 0. The molecule has 0 N–H and O–H groups in total. The monoisotopic (exact) mass is 253 g/mol. The Hall–Kier alpha value is -0.920. The fourth-order valence-corrected chi connectivity index (χ4v) is 2.00. The molecule has 0 aliphatic carbocycles. The standard InChI is InChI=1S/C11H12BrNO/c1-3-8-5-10(12)6-9(4-2)11(8)13-7-14/h5-6H,3-4H2,1-2H3. The lowest BCUT2D eigenvalue weighted by Crippen LogP contribution is -1.89. The third-order valence-corrected chi connectivity index (χ3v) is 2.61. The Bertz CT molecular complexity index is 356. The smallest absolute Gasteiger partial charge is 0.211 e. The van der Waals surface area contributed by atoms with Crippen LogP contribution in [0.1, 0.15) is 25.0 Å². The summed E-state index contributed by atoms with van der Waals surface area (Å²) in [5, 5.41) is 0. The molecule has 0 spiro atoms. The summed E-state index contributed by atoms with van der Waals surface area (Å²) in [6.45, 7) is 4.09. The molecule has 0 atom stereocenters. The second-order valence-electron chi connectivity index (χ2n) is 2.98. The Morgan fingerprint density at radius 3 is 2.14 bits per heavy atom. The molecule has 0 amide bonds. The first-order chi connectivity index (χ1) is 6.72. The molecule has 0 unspecified atom stereocenters. The number of hydrogen-bond acceptors (Lipinski definition) is 2. The Morgan fingerprint density at radius 2 is 1.79 bits per heavy atom. The van der Waals surface area contributed by atoms with E-state index in [0.717, 1.165) is 34.1 Å². The van der Waals surface area contributed by atoms with E-state index in [1.165, 1.54) is 0 Å². The van der Waals surface area contributed by atoms with Crippen LogP contribution in [0.4, 0.5) is 5.69 Å². The number of halogens is 1. The van der Waals surface area contributed by atoms with Gasteiger partial charge >= 0.3 is 0 Å². The Morgan fingerprint density at radius 1 is 1.29 bits per heavy atom. The molecule has 0 aromatic heterocycles. The number of isocyanates is 1. The molecule has 1 aromatic carbocycles. The molecule has 14 heavy (non-hydrogen) atoms. The van der Waals surface area contributed by atoms with Crippen LogP contribution in [0.15, 0.2) is 21.6 Å². The van der Waals surface area contributed by atoms with Gasteiger partial charge in [0.1, 0.15) is 0 Å². The summed E-state index contributed by atoms with van der Waals surface area (Å²) in [5.41, 5.74) is 2.95. The lowest BCUT2D eigenvalue weighted by atomic mass is 10.0. The first kappa shape index (κ1) is 11.2. The maximum absolute atomic E-state index is 10.3. The van der Waals surface area contributed by atoms with Gasteiger partial charge in [-0.2, -0.15) is 4.99 Å². The zero-order valence-corrected chi connectivity index (χ0v) is 9.89. The fraction of sp³-hybridized carbons (Fsp3) is 0.364. The summed E-state index contributed by atoms with van der Waals surface area (Å²) in [6, 6.07) is 3.99. The first-order valence-corrected chi connectivity index (χ1v) is 5.41. The van der Waals surface area contributed by atoms with Crippen molar-refractivity contribution in [1.82, 2.24) is 0 Å². The van der Waals surface area contributed by atoms with Crippen LogP contribution in [0.5, 0.6) is 0 Å². The highest BCUT2D eigenvalue weighted by molar-refractivity contribution is 9.10. The highest BCUT2D eigenvalue weighted by atomic mass is 79.9. The van der Waals surface area contributed by atoms with E-state index in [1.54, 1.807) is 6.08 Å². The summed E-state index contributed by atoms with van der Waals surface area (Å²) in [6.07, 6.45) is 3.35. The van der Waals surface area contributed by atoms with Crippen molar-refractivity contribution in [3.05, 3.63) is 27.7 Å². The highest BCUT2D eigenvalue weighted by Crippen LogP contribution is 2.29. The van der Waals surface area contributed by atoms with E-state index in [2.05, 4.69) is 20.9 Å². The molecule has 0 fully saturated rings. The van der Waals surface area contributed by atoms with Gasteiger partial charge in [0, 0.05) is 4.47 Å². The van der Waals surface area contributed by atoms with E-state index in [1.807, 2.05) is 26.0 Å². The second kappa shape index (κ2) is 5.08. The minimum absolute atomic E-state index is 0.785. The van der Waals surface area contributed by atoms with Crippen molar-refractivity contribution in [2.45, 2.75) is 26.7 Å². The van der Waals surface area contributed by atoms with E-state index in [-0.39, 0.29) is 0 Å². The SMILES string of the molecule is CCc1cc(Br)cc(CC)c1N=C=O. The van der Waals surface area contributed by atoms with Crippen LogP contribution < -0.4 is 0 Å². The number of carbonyl (C=O) groups excluding carboxylic acids is 1. The van der Waals surface area contributed by atoms with Gasteiger partial charge in [0.25, 0.3) is 0 Å². The van der Waals surface area contributed by atoms with Crippen molar-refractivity contribution in [1.29, 1.82) is 0 Å². The van der Waals surface area contributed by atoms with Crippen molar-refractivity contribution in [2.75, 3.05) is 0 Å². The summed E-state index contributed by atoms with van der Waals surface area (Å²) >= 11 is 3.44. The Balaban J connectivity index is 3.39. The van der Waals surface area contributed by atoms with Gasteiger partial charge in [0.05, 0.1) is 5.69 Å². The van der Waals surface area contributed by atoms with E-state index in [0.29, 0.717) is 0 Å². The van der Waals surface area contributed by atoms with Gasteiger partial charge < -0.3 is 0 Å². The van der Waals surface area contributed by atoms with Crippen molar-refractivity contribution in [3.63, 3.8) is 0 Å². The normalized spacial score (nSPS) is 9.64. The van der Waals surface area contributed by atoms with Gasteiger partial charge in [-0.25, -0.2) is 4.79 Å². The Labute approximate surface area is 92.2 Å². The lowest BCUT2D eigenvalue weighted by molar-refractivity contribution is 0.565.